The van der Waals surface area contributed by atoms with Crippen molar-refractivity contribution in [2.45, 2.75) is 13.5 Å². The Labute approximate surface area is 188 Å². The van der Waals surface area contributed by atoms with Crippen molar-refractivity contribution in [1.29, 1.82) is 0 Å². The van der Waals surface area contributed by atoms with Crippen molar-refractivity contribution in [3.05, 3.63) is 69.8 Å². The summed E-state index contributed by atoms with van der Waals surface area (Å²) in [7, 11) is 2.79. The van der Waals surface area contributed by atoms with Gasteiger partial charge in [-0.2, -0.15) is 0 Å². The van der Waals surface area contributed by atoms with Gasteiger partial charge < -0.3 is 24.7 Å². The summed E-state index contributed by atoms with van der Waals surface area (Å²) in [6.07, 6.45) is 1.43. The molecule has 2 heterocycles. The van der Waals surface area contributed by atoms with Crippen LogP contribution in [0, 0.1) is 0 Å². The van der Waals surface area contributed by atoms with Crippen LogP contribution in [0.3, 0.4) is 0 Å². The van der Waals surface area contributed by atoms with E-state index in [0.717, 1.165) is 0 Å². The van der Waals surface area contributed by atoms with E-state index < -0.39 is 17.8 Å². The topological polar surface area (TPSA) is 118 Å². The average molecular weight is 458 g/mol. The van der Waals surface area contributed by atoms with Crippen LogP contribution in [0.15, 0.2) is 57.7 Å². The van der Waals surface area contributed by atoms with Crippen molar-refractivity contribution >= 4 is 47.1 Å². The van der Waals surface area contributed by atoms with Crippen molar-refractivity contribution in [1.82, 2.24) is 10.2 Å². The molecule has 32 heavy (non-hydrogen) atoms. The second-order valence-electron chi connectivity index (χ2n) is 6.83. The van der Waals surface area contributed by atoms with E-state index in [1.807, 2.05) is 0 Å². The van der Waals surface area contributed by atoms with Gasteiger partial charge in [0, 0.05) is 23.5 Å². The number of carbonyl (C=O) groups is 4. The second-order valence-corrected chi connectivity index (χ2v) is 7.26. The number of hydrogen-bond acceptors (Lipinski definition) is 6. The molecule has 0 aliphatic carbocycles. The maximum Gasteiger partial charge on any atom is 0.340 e. The Hall–Kier alpha value is -3.85. The normalized spacial score (nSPS) is 14.7. The summed E-state index contributed by atoms with van der Waals surface area (Å²) in [5, 5.41) is 5.31. The zero-order chi connectivity index (χ0) is 23.4. The number of allylic oxidation sites excluding steroid dienone is 1. The summed E-state index contributed by atoms with van der Waals surface area (Å²) >= 11 is 5.85. The van der Waals surface area contributed by atoms with Gasteiger partial charge in [-0.05, 0) is 43.3 Å². The standard InChI is InChI=1S/C22H20ClN3O6/c1-12-18(22(30)31-3)17(21(29)26(12)2)10-15-7-8-16(32-15)11-24-19(27)20(28)25-14-6-4-5-13(23)9-14/h4-10H,11H2,1-3H3,(H,24,27)(H,25,28)/b17-10+. The third-order valence-corrected chi connectivity index (χ3v) is 4.97. The smallest absolute Gasteiger partial charge is 0.340 e. The Balaban J connectivity index is 1.66. The van der Waals surface area contributed by atoms with Crippen LogP contribution in [0.2, 0.25) is 5.02 Å². The van der Waals surface area contributed by atoms with Gasteiger partial charge in [0.1, 0.15) is 11.5 Å². The number of ether oxygens (including phenoxy) is 1. The molecule has 0 radical (unpaired) electrons. The molecule has 1 aliphatic heterocycles. The molecule has 0 unspecified atom stereocenters. The van der Waals surface area contributed by atoms with E-state index >= 15 is 0 Å². The summed E-state index contributed by atoms with van der Waals surface area (Å²) in [6.45, 7) is 1.58. The molecule has 0 atom stereocenters. The first-order chi connectivity index (χ1) is 15.2. The Kier molecular flexibility index (Phi) is 6.79. The Morgan fingerprint density at radius 3 is 2.62 bits per heavy atom. The monoisotopic (exact) mass is 457 g/mol. The molecule has 0 bridgehead atoms. The summed E-state index contributed by atoms with van der Waals surface area (Å²) in [4.78, 5) is 50.0. The van der Waals surface area contributed by atoms with E-state index in [9.17, 15) is 19.2 Å². The third kappa shape index (κ3) is 4.89. The first-order valence-corrected chi connectivity index (χ1v) is 9.81. The Morgan fingerprint density at radius 2 is 1.94 bits per heavy atom. The fourth-order valence-electron chi connectivity index (χ4n) is 3.01. The van der Waals surface area contributed by atoms with Gasteiger partial charge in [-0.25, -0.2) is 4.79 Å². The number of benzene rings is 1. The maximum absolute atomic E-state index is 12.5. The molecule has 0 spiro atoms. The van der Waals surface area contributed by atoms with Crippen LogP contribution >= 0.6 is 11.6 Å². The lowest BCUT2D eigenvalue weighted by Gasteiger charge is -2.08. The quantitative estimate of drug-likeness (QED) is 0.404. The SMILES string of the molecule is COC(=O)C1=C(C)N(C)C(=O)/C1=C/c1ccc(CNC(=O)C(=O)Nc2cccc(Cl)c2)o1. The lowest BCUT2D eigenvalue weighted by Crippen LogP contribution is -2.34. The fraction of sp³-hybridized carbons (Fsp3) is 0.182. The van der Waals surface area contributed by atoms with Crippen LogP contribution in [0.1, 0.15) is 18.4 Å². The number of nitrogens with zero attached hydrogens (tertiary/aromatic N) is 1. The van der Waals surface area contributed by atoms with Crippen molar-refractivity contribution in [3.8, 4) is 0 Å². The van der Waals surface area contributed by atoms with Crippen molar-refractivity contribution in [3.63, 3.8) is 0 Å². The number of furan rings is 1. The van der Waals surface area contributed by atoms with Crippen LogP contribution in [-0.2, 0) is 30.5 Å². The third-order valence-electron chi connectivity index (χ3n) is 4.74. The molecule has 1 aromatic heterocycles. The van der Waals surface area contributed by atoms with E-state index in [1.165, 1.54) is 24.2 Å². The highest BCUT2D eigenvalue weighted by molar-refractivity contribution is 6.39. The molecule has 10 heteroatoms. The van der Waals surface area contributed by atoms with Gasteiger partial charge in [-0.15, -0.1) is 0 Å². The van der Waals surface area contributed by atoms with Gasteiger partial charge >= 0.3 is 17.8 Å². The van der Waals surface area contributed by atoms with Gasteiger partial charge in [0.05, 0.1) is 24.8 Å². The fourth-order valence-corrected chi connectivity index (χ4v) is 3.20. The number of halogens is 1. The molecule has 3 rings (SSSR count). The number of methoxy groups -OCH3 is 1. The van der Waals surface area contributed by atoms with Crippen LogP contribution in [-0.4, -0.2) is 42.7 Å². The lowest BCUT2D eigenvalue weighted by molar-refractivity contribution is -0.136. The van der Waals surface area contributed by atoms with Crippen LogP contribution in [0.25, 0.3) is 6.08 Å². The van der Waals surface area contributed by atoms with Crippen molar-refractivity contribution < 1.29 is 28.3 Å². The van der Waals surface area contributed by atoms with Gasteiger partial charge in [-0.3, -0.25) is 14.4 Å². The molecule has 2 N–H and O–H groups in total. The number of esters is 1. The molecule has 1 aliphatic rings. The van der Waals surface area contributed by atoms with Gasteiger partial charge in [0.25, 0.3) is 5.91 Å². The van der Waals surface area contributed by atoms with Gasteiger partial charge in [-0.1, -0.05) is 17.7 Å². The Morgan fingerprint density at radius 1 is 1.19 bits per heavy atom. The van der Waals surface area contributed by atoms with E-state index in [4.69, 9.17) is 20.8 Å². The number of rotatable bonds is 5. The second kappa shape index (κ2) is 9.52. The highest BCUT2D eigenvalue weighted by atomic mass is 35.5. The number of nitrogens with one attached hydrogen (secondary N) is 2. The molecule has 0 fully saturated rings. The summed E-state index contributed by atoms with van der Waals surface area (Å²) in [6, 6.07) is 9.56. The minimum absolute atomic E-state index is 0.0580. The molecular formula is C22H20ClN3O6. The van der Waals surface area contributed by atoms with Crippen molar-refractivity contribution in [2.75, 3.05) is 19.5 Å². The number of amides is 3. The highest BCUT2D eigenvalue weighted by Gasteiger charge is 2.35. The predicted molar refractivity (Wildman–Crippen MR) is 116 cm³/mol. The summed E-state index contributed by atoms with van der Waals surface area (Å²) in [5.74, 6) is -2.07. The van der Waals surface area contributed by atoms with E-state index in [0.29, 0.717) is 27.9 Å². The van der Waals surface area contributed by atoms with Gasteiger partial charge in [0.15, 0.2) is 0 Å². The summed E-state index contributed by atoms with van der Waals surface area (Å²) < 4.78 is 10.4. The molecule has 2 aromatic rings. The van der Waals surface area contributed by atoms with E-state index in [1.54, 1.807) is 44.3 Å². The molecule has 0 saturated carbocycles. The molecular weight excluding hydrogens is 438 g/mol. The van der Waals surface area contributed by atoms with E-state index in [2.05, 4.69) is 10.6 Å². The zero-order valence-corrected chi connectivity index (χ0v) is 18.3. The number of anilines is 1. The van der Waals surface area contributed by atoms with Crippen LogP contribution in [0.4, 0.5) is 5.69 Å². The first-order valence-electron chi connectivity index (χ1n) is 9.44. The zero-order valence-electron chi connectivity index (χ0n) is 17.5. The molecule has 9 nitrogen and oxygen atoms in total. The van der Waals surface area contributed by atoms with Crippen LogP contribution < -0.4 is 10.6 Å². The first kappa shape index (κ1) is 22.8. The molecule has 3 amide bonds. The number of likely N-dealkylation sites (N-methyl/N-ethyl adjacent to an activating group) is 1. The minimum Gasteiger partial charge on any atom is -0.465 e. The summed E-state index contributed by atoms with van der Waals surface area (Å²) in [5.41, 5.74) is 1.16. The number of hydrogen-bond donors (Lipinski definition) is 2. The molecule has 0 saturated heterocycles. The minimum atomic E-state index is -0.861. The lowest BCUT2D eigenvalue weighted by atomic mass is 10.1. The predicted octanol–water partition coefficient (Wildman–Crippen LogP) is 2.49. The largest absolute Gasteiger partial charge is 0.465 e. The average Bonchev–Trinajstić information content (AvgIpc) is 3.30. The van der Waals surface area contributed by atoms with Crippen molar-refractivity contribution in [2.24, 2.45) is 0 Å². The van der Waals surface area contributed by atoms with Gasteiger partial charge in [0.2, 0.25) is 0 Å². The highest BCUT2D eigenvalue weighted by Crippen LogP contribution is 2.30. The number of carbonyl (C=O) groups excluding carboxylic acids is 4. The molecule has 1 aromatic carbocycles. The maximum atomic E-state index is 12.5. The Bertz CT molecular complexity index is 1160. The molecule has 166 valence electrons. The van der Waals surface area contributed by atoms with E-state index in [-0.39, 0.29) is 23.6 Å². The van der Waals surface area contributed by atoms with Crippen LogP contribution in [0.5, 0.6) is 0 Å².